The molecule has 2 nitrogen and oxygen atoms in total. The van der Waals surface area contributed by atoms with Gasteiger partial charge < -0.3 is 4.74 Å². The van der Waals surface area contributed by atoms with E-state index in [9.17, 15) is 0 Å². The van der Waals surface area contributed by atoms with E-state index >= 15 is 0 Å². The lowest BCUT2D eigenvalue weighted by Gasteiger charge is -2.08. The minimum atomic E-state index is 0.381. The summed E-state index contributed by atoms with van der Waals surface area (Å²) in [6, 6.07) is 0. The summed E-state index contributed by atoms with van der Waals surface area (Å²) in [5.41, 5.74) is 0.381. The topological polar surface area (TPSA) is 22.1 Å². The lowest BCUT2D eigenvalue weighted by Crippen LogP contribution is -2.05. The van der Waals surface area contributed by atoms with Crippen LogP contribution in [0.3, 0.4) is 0 Å². The van der Waals surface area contributed by atoms with Crippen LogP contribution in [0, 0.1) is 0 Å². The van der Waals surface area contributed by atoms with Gasteiger partial charge in [-0.2, -0.15) is 4.37 Å². The maximum Gasteiger partial charge on any atom is 0.151 e. The van der Waals surface area contributed by atoms with Gasteiger partial charge >= 0.3 is 0 Å². The zero-order valence-electron chi connectivity index (χ0n) is 6.03. The quantitative estimate of drug-likeness (QED) is 0.709. The number of ether oxygens (including phenoxy) is 1. The van der Waals surface area contributed by atoms with Crippen molar-refractivity contribution in [3.05, 3.63) is 11.6 Å². The average Bonchev–Trinajstić information content (AvgIpc) is 2.60. The minimum Gasteiger partial charge on any atom is -0.477 e. The van der Waals surface area contributed by atoms with E-state index in [-0.39, 0.29) is 0 Å². The Morgan fingerprint density at radius 2 is 2.64 bits per heavy atom. The van der Waals surface area contributed by atoms with Crippen LogP contribution < -0.4 is 4.74 Å². The Bertz CT molecular complexity index is 206. The molecule has 0 saturated carbocycles. The lowest BCUT2D eigenvalue weighted by atomic mass is 10.4. The van der Waals surface area contributed by atoms with Gasteiger partial charge in [0.1, 0.15) is 5.44 Å². The molecule has 1 aliphatic heterocycles. The molecule has 0 aliphatic carbocycles. The van der Waals surface area contributed by atoms with Gasteiger partial charge in [0, 0.05) is 0 Å². The molecule has 0 N–H and O–H groups in total. The maximum absolute atomic E-state index is 5.63. The zero-order valence-corrected chi connectivity index (χ0v) is 7.66. The molecule has 0 aromatic carbocycles. The summed E-state index contributed by atoms with van der Waals surface area (Å²) in [6.07, 6.45) is 4.25. The van der Waals surface area contributed by atoms with Gasteiger partial charge in [0.05, 0.1) is 11.6 Å². The summed E-state index contributed by atoms with van der Waals surface area (Å²) < 4.78 is 9.60. The highest BCUT2D eigenvalue weighted by Crippen LogP contribution is 2.28. The molecule has 2 heterocycles. The molecule has 11 heavy (non-hydrogen) atoms. The molecule has 4 heteroatoms. The van der Waals surface area contributed by atoms with E-state index in [1.165, 1.54) is 30.1 Å². The summed E-state index contributed by atoms with van der Waals surface area (Å²) >= 11 is 3.33. The van der Waals surface area contributed by atoms with Gasteiger partial charge in [-0.3, -0.25) is 0 Å². The monoisotopic (exact) mass is 187 g/mol. The van der Waals surface area contributed by atoms with Gasteiger partial charge in [0.25, 0.3) is 0 Å². The molecule has 1 aliphatic rings. The summed E-state index contributed by atoms with van der Waals surface area (Å²) in [5.74, 6) is 2.16. The molecule has 0 bridgehead atoms. The fourth-order valence-corrected chi connectivity index (χ4v) is 2.60. The number of aromatic nitrogens is 1. The predicted octanol–water partition coefficient (Wildman–Crippen LogP) is 2.38. The van der Waals surface area contributed by atoms with Crippen molar-refractivity contribution >= 4 is 23.3 Å². The van der Waals surface area contributed by atoms with Crippen LogP contribution >= 0.6 is 23.3 Å². The van der Waals surface area contributed by atoms with E-state index in [1.807, 2.05) is 17.1 Å². The summed E-state index contributed by atoms with van der Waals surface area (Å²) in [5, 5.41) is 1.94. The standard InChI is InChI=1S/C7H9NOS2/c1-2-7(10-3-1)9-6-4-8-11-5-6/h4-5,7H,1-3H2. The molecule has 60 valence electrons. The Kier molecular flexibility index (Phi) is 2.33. The average molecular weight is 187 g/mol. The molecule has 1 atom stereocenters. The van der Waals surface area contributed by atoms with E-state index in [0.717, 1.165) is 5.75 Å². The molecular weight excluding hydrogens is 178 g/mol. The largest absolute Gasteiger partial charge is 0.477 e. The van der Waals surface area contributed by atoms with Crippen molar-refractivity contribution in [2.75, 3.05) is 5.75 Å². The van der Waals surface area contributed by atoms with Crippen molar-refractivity contribution in [2.45, 2.75) is 18.3 Å². The SMILES string of the molecule is c1nscc1OC1CCCS1. The van der Waals surface area contributed by atoms with Crippen LogP contribution in [0.5, 0.6) is 5.75 Å². The first kappa shape index (κ1) is 7.43. The van der Waals surface area contributed by atoms with Crippen LogP contribution in [-0.4, -0.2) is 15.6 Å². The molecule has 1 unspecified atom stereocenters. The van der Waals surface area contributed by atoms with Crippen molar-refractivity contribution in [2.24, 2.45) is 0 Å². The Balaban J connectivity index is 1.90. The summed E-state index contributed by atoms with van der Waals surface area (Å²) in [4.78, 5) is 0. The second-order valence-electron chi connectivity index (χ2n) is 2.42. The van der Waals surface area contributed by atoms with E-state index < -0.39 is 0 Å². The van der Waals surface area contributed by atoms with Crippen LogP contribution in [0.1, 0.15) is 12.8 Å². The first-order valence-electron chi connectivity index (χ1n) is 3.63. The normalized spacial score (nSPS) is 23.8. The van der Waals surface area contributed by atoms with Crippen LogP contribution in [0.2, 0.25) is 0 Å². The van der Waals surface area contributed by atoms with Gasteiger partial charge in [0.2, 0.25) is 0 Å². The van der Waals surface area contributed by atoms with Crippen molar-refractivity contribution < 1.29 is 4.74 Å². The third-order valence-electron chi connectivity index (χ3n) is 1.57. The molecule has 0 spiro atoms. The molecule has 0 amide bonds. The zero-order chi connectivity index (χ0) is 7.52. The van der Waals surface area contributed by atoms with Gasteiger partial charge in [0.15, 0.2) is 5.75 Å². The molecule has 1 aromatic heterocycles. The van der Waals surface area contributed by atoms with Gasteiger partial charge in [-0.05, 0) is 30.1 Å². The van der Waals surface area contributed by atoms with Crippen LogP contribution in [0.15, 0.2) is 11.6 Å². The molecular formula is C7H9NOS2. The highest BCUT2D eigenvalue weighted by Gasteiger charge is 2.16. The lowest BCUT2D eigenvalue weighted by molar-refractivity contribution is 0.285. The number of hydrogen-bond donors (Lipinski definition) is 0. The fourth-order valence-electron chi connectivity index (χ4n) is 1.05. The van der Waals surface area contributed by atoms with Crippen LogP contribution in [0.25, 0.3) is 0 Å². The Morgan fingerprint density at radius 1 is 1.64 bits per heavy atom. The predicted molar refractivity (Wildman–Crippen MR) is 48.2 cm³/mol. The second kappa shape index (κ2) is 3.45. The molecule has 0 radical (unpaired) electrons. The first-order chi connectivity index (χ1) is 5.45. The van der Waals surface area contributed by atoms with Crippen molar-refractivity contribution in [1.82, 2.24) is 4.37 Å². The molecule has 1 aromatic rings. The van der Waals surface area contributed by atoms with Gasteiger partial charge in [-0.15, -0.1) is 11.8 Å². The first-order valence-corrected chi connectivity index (χ1v) is 5.51. The number of rotatable bonds is 2. The van der Waals surface area contributed by atoms with E-state index in [1.54, 1.807) is 6.20 Å². The van der Waals surface area contributed by atoms with Crippen LogP contribution in [0.4, 0.5) is 0 Å². The Morgan fingerprint density at radius 3 is 3.27 bits per heavy atom. The van der Waals surface area contributed by atoms with Gasteiger partial charge in [-0.25, -0.2) is 0 Å². The van der Waals surface area contributed by atoms with Crippen molar-refractivity contribution in [3.63, 3.8) is 0 Å². The number of nitrogens with zero attached hydrogens (tertiary/aromatic N) is 1. The second-order valence-corrected chi connectivity index (χ2v) is 4.35. The van der Waals surface area contributed by atoms with Crippen molar-refractivity contribution in [1.29, 1.82) is 0 Å². The molecule has 1 fully saturated rings. The van der Waals surface area contributed by atoms with E-state index in [2.05, 4.69) is 4.37 Å². The van der Waals surface area contributed by atoms with Crippen molar-refractivity contribution in [3.8, 4) is 5.75 Å². The highest BCUT2D eigenvalue weighted by molar-refractivity contribution is 8.00. The highest BCUT2D eigenvalue weighted by atomic mass is 32.2. The molecule has 2 rings (SSSR count). The van der Waals surface area contributed by atoms with E-state index in [4.69, 9.17) is 4.74 Å². The Hall–Kier alpha value is -0.220. The number of hydrogen-bond acceptors (Lipinski definition) is 4. The maximum atomic E-state index is 5.63. The smallest absolute Gasteiger partial charge is 0.151 e. The Labute approximate surface area is 74.1 Å². The minimum absolute atomic E-state index is 0.381. The van der Waals surface area contributed by atoms with Crippen LogP contribution in [-0.2, 0) is 0 Å². The fraction of sp³-hybridized carbons (Fsp3) is 0.571. The third kappa shape index (κ3) is 1.87. The summed E-state index contributed by atoms with van der Waals surface area (Å²) in [7, 11) is 0. The molecule has 1 saturated heterocycles. The summed E-state index contributed by atoms with van der Waals surface area (Å²) in [6.45, 7) is 0. The number of thioether (sulfide) groups is 1. The van der Waals surface area contributed by atoms with Gasteiger partial charge in [-0.1, -0.05) is 0 Å². The third-order valence-corrected chi connectivity index (χ3v) is 3.36. The van der Waals surface area contributed by atoms with E-state index in [0.29, 0.717) is 5.44 Å².